The molecule has 1 amide bonds. The molecular formula is C19H22N2O3S. The van der Waals surface area contributed by atoms with Crippen LogP contribution in [0.15, 0.2) is 60.0 Å². The van der Waals surface area contributed by atoms with Gasteiger partial charge in [-0.15, -0.1) is 11.3 Å². The Morgan fingerprint density at radius 1 is 1.20 bits per heavy atom. The second-order valence-corrected chi connectivity index (χ2v) is 6.31. The number of fused-ring (bicyclic) bond motifs is 1. The first-order valence-corrected chi connectivity index (χ1v) is 8.80. The van der Waals surface area contributed by atoms with Crippen molar-refractivity contribution < 1.29 is 14.6 Å². The first-order valence-electron chi connectivity index (χ1n) is 7.92. The van der Waals surface area contributed by atoms with Crippen LogP contribution in [0.25, 0.3) is 10.8 Å². The minimum atomic E-state index is -1.33. The van der Waals surface area contributed by atoms with Crippen molar-refractivity contribution in [2.45, 2.75) is 12.5 Å². The van der Waals surface area contributed by atoms with Gasteiger partial charge in [-0.2, -0.15) is 0 Å². The molecule has 0 aliphatic carbocycles. The molecule has 25 heavy (non-hydrogen) atoms. The zero-order valence-corrected chi connectivity index (χ0v) is 14.8. The molecule has 2 aromatic carbocycles. The molecule has 1 atom stereocenters. The van der Waals surface area contributed by atoms with E-state index in [4.69, 9.17) is 14.6 Å². The highest BCUT2D eigenvalue weighted by atomic mass is 32.1. The molecule has 1 heterocycles. The quantitative estimate of drug-likeness (QED) is 0.615. The molecule has 3 aromatic rings. The van der Waals surface area contributed by atoms with Gasteiger partial charge < -0.3 is 20.9 Å². The molecule has 0 aliphatic rings. The Balaban J connectivity index is 0.000000511. The van der Waals surface area contributed by atoms with E-state index in [0.29, 0.717) is 0 Å². The zero-order chi connectivity index (χ0) is 18.1. The number of primary amides is 1. The average molecular weight is 358 g/mol. The summed E-state index contributed by atoms with van der Waals surface area (Å²) in [6, 6.07) is 18.8. The van der Waals surface area contributed by atoms with Gasteiger partial charge in [0.05, 0.1) is 0 Å². The van der Waals surface area contributed by atoms with Gasteiger partial charge >= 0.3 is 6.09 Å². The van der Waals surface area contributed by atoms with Gasteiger partial charge in [-0.05, 0) is 36.5 Å². The van der Waals surface area contributed by atoms with Crippen molar-refractivity contribution in [1.29, 1.82) is 0 Å². The minimum absolute atomic E-state index is 0.100. The predicted octanol–water partition coefficient (Wildman–Crippen LogP) is 4.25. The summed E-state index contributed by atoms with van der Waals surface area (Å²) >= 11 is 1.75. The highest BCUT2D eigenvalue weighted by Gasteiger charge is 2.15. The molecule has 6 heteroatoms. The molecular weight excluding hydrogens is 336 g/mol. The number of hydrogen-bond donors (Lipinski definition) is 3. The van der Waals surface area contributed by atoms with Crippen LogP contribution in [0.3, 0.4) is 0 Å². The lowest BCUT2D eigenvalue weighted by atomic mass is 10.1. The van der Waals surface area contributed by atoms with Crippen molar-refractivity contribution in [3.05, 3.63) is 64.9 Å². The fraction of sp³-hybridized carbons (Fsp3) is 0.211. The number of hydrogen-bond acceptors (Lipinski definition) is 4. The Morgan fingerprint density at radius 2 is 1.92 bits per heavy atom. The Labute approximate surface area is 151 Å². The molecule has 0 spiro atoms. The minimum Gasteiger partial charge on any atom is -0.484 e. The number of carboxylic acid groups (broad SMARTS) is 1. The molecule has 0 aliphatic heterocycles. The maximum absolute atomic E-state index is 8.78. The van der Waals surface area contributed by atoms with E-state index < -0.39 is 6.09 Å². The van der Waals surface area contributed by atoms with E-state index in [2.05, 4.69) is 71.0 Å². The van der Waals surface area contributed by atoms with Crippen molar-refractivity contribution in [2.24, 2.45) is 5.73 Å². The van der Waals surface area contributed by atoms with Crippen molar-refractivity contribution in [2.75, 3.05) is 13.6 Å². The molecule has 0 saturated carbocycles. The van der Waals surface area contributed by atoms with Gasteiger partial charge in [0.15, 0.2) is 0 Å². The second-order valence-electron chi connectivity index (χ2n) is 5.33. The van der Waals surface area contributed by atoms with Crippen LogP contribution >= 0.6 is 11.3 Å². The van der Waals surface area contributed by atoms with Crippen LogP contribution in [0.5, 0.6) is 5.75 Å². The number of ether oxygens (including phenoxy) is 1. The number of amides is 1. The van der Waals surface area contributed by atoms with Gasteiger partial charge in [-0.1, -0.05) is 42.5 Å². The molecule has 0 saturated heterocycles. The van der Waals surface area contributed by atoms with Gasteiger partial charge in [0, 0.05) is 16.7 Å². The van der Waals surface area contributed by atoms with Crippen molar-refractivity contribution in [3.8, 4) is 5.75 Å². The summed E-state index contributed by atoms with van der Waals surface area (Å²) in [6.07, 6.45) is -0.275. The van der Waals surface area contributed by atoms with E-state index >= 15 is 0 Å². The summed E-state index contributed by atoms with van der Waals surface area (Å²) < 4.78 is 6.34. The molecule has 0 unspecified atom stereocenters. The Morgan fingerprint density at radius 3 is 2.60 bits per heavy atom. The predicted molar refractivity (Wildman–Crippen MR) is 102 cm³/mol. The maximum Gasteiger partial charge on any atom is 0.402 e. The van der Waals surface area contributed by atoms with Crippen molar-refractivity contribution in [3.63, 3.8) is 0 Å². The summed E-state index contributed by atoms with van der Waals surface area (Å²) in [5.41, 5.74) is 4.03. The fourth-order valence-corrected chi connectivity index (χ4v) is 3.25. The molecule has 132 valence electrons. The summed E-state index contributed by atoms with van der Waals surface area (Å²) in [6.45, 7) is 0.938. The topological polar surface area (TPSA) is 84.6 Å². The van der Waals surface area contributed by atoms with Crippen LogP contribution in [0.1, 0.15) is 17.4 Å². The van der Waals surface area contributed by atoms with E-state index in [9.17, 15) is 0 Å². The highest BCUT2D eigenvalue weighted by molar-refractivity contribution is 7.10. The molecule has 1 aromatic heterocycles. The largest absolute Gasteiger partial charge is 0.484 e. The van der Waals surface area contributed by atoms with Crippen LogP contribution < -0.4 is 15.8 Å². The molecule has 0 fully saturated rings. The van der Waals surface area contributed by atoms with Gasteiger partial charge in [-0.25, -0.2) is 4.79 Å². The summed E-state index contributed by atoms with van der Waals surface area (Å²) in [7, 11) is 1.98. The molecule has 3 rings (SSSR count). The third-order valence-electron chi connectivity index (χ3n) is 3.54. The van der Waals surface area contributed by atoms with Gasteiger partial charge in [0.2, 0.25) is 0 Å². The lowest BCUT2D eigenvalue weighted by Gasteiger charge is -2.19. The highest BCUT2D eigenvalue weighted by Crippen LogP contribution is 2.32. The van der Waals surface area contributed by atoms with Gasteiger partial charge in [-0.3, -0.25) is 0 Å². The standard InChI is InChI=1S/C18H19NOS.CH3NO2/c1-19-12-11-17(18-10-5-13-21-18)20-16-9-4-7-14-6-2-3-8-15(14)16;2-1(3)4/h2-10,13,17,19H,11-12H2,1H3;2H2,(H,3,4)/t17-;/m0./s1. The van der Waals surface area contributed by atoms with E-state index in [1.54, 1.807) is 11.3 Å². The Bertz CT molecular complexity index is 781. The summed E-state index contributed by atoms with van der Waals surface area (Å²) in [4.78, 5) is 10.1. The summed E-state index contributed by atoms with van der Waals surface area (Å²) in [5.74, 6) is 0.961. The number of rotatable bonds is 6. The number of thiophene rings is 1. The fourth-order valence-electron chi connectivity index (χ4n) is 2.46. The van der Waals surface area contributed by atoms with Crippen LogP contribution in [-0.2, 0) is 0 Å². The lowest BCUT2D eigenvalue weighted by molar-refractivity contribution is 0.201. The summed E-state index contributed by atoms with van der Waals surface area (Å²) in [5, 5.41) is 14.9. The van der Waals surface area contributed by atoms with Crippen molar-refractivity contribution in [1.82, 2.24) is 5.32 Å². The third kappa shape index (κ3) is 5.77. The second kappa shape index (κ2) is 9.66. The van der Waals surface area contributed by atoms with E-state index in [1.165, 1.54) is 15.6 Å². The van der Waals surface area contributed by atoms with Crippen molar-refractivity contribution >= 4 is 28.2 Å². The third-order valence-corrected chi connectivity index (χ3v) is 4.50. The number of nitrogens with two attached hydrogens (primary N) is 1. The lowest BCUT2D eigenvalue weighted by Crippen LogP contribution is -2.15. The molecule has 5 nitrogen and oxygen atoms in total. The first kappa shape index (κ1) is 18.8. The maximum atomic E-state index is 8.78. The Kier molecular flexibility index (Phi) is 7.25. The van der Waals surface area contributed by atoms with Gasteiger partial charge in [0.25, 0.3) is 0 Å². The van der Waals surface area contributed by atoms with Crippen LogP contribution in [0.2, 0.25) is 0 Å². The Hall–Kier alpha value is -2.57. The molecule has 0 radical (unpaired) electrons. The van der Waals surface area contributed by atoms with Gasteiger partial charge in [0.1, 0.15) is 11.9 Å². The number of carbonyl (C=O) groups is 1. The average Bonchev–Trinajstić information content (AvgIpc) is 3.13. The van der Waals surface area contributed by atoms with Crippen LogP contribution in [-0.4, -0.2) is 24.8 Å². The van der Waals surface area contributed by atoms with E-state index in [-0.39, 0.29) is 6.10 Å². The van der Waals surface area contributed by atoms with Crippen LogP contribution in [0, 0.1) is 0 Å². The number of nitrogens with one attached hydrogen (secondary N) is 1. The monoisotopic (exact) mass is 358 g/mol. The zero-order valence-electron chi connectivity index (χ0n) is 14.0. The first-order chi connectivity index (χ1) is 12.1. The van der Waals surface area contributed by atoms with E-state index in [0.717, 1.165) is 18.7 Å². The SMILES string of the molecule is CNCC[C@H](Oc1cccc2ccccc12)c1cccs1.NC(=O)O. The van der Waals surface area contributed by atoms with Crippen LogP contribution in [0.4, 0.5) is 4.79 Å². The molecule has 4 N–H and O–H groups in total. The number of benzene rings is 2. The van der Waals surface area contributed by atoms with E-state index in [1.807, 2.05) is 7.05 Å². The smallest absolute Gasteiger partial charge is 0.402 e. The normalized spacial score (nSPS) is 11.4. The molecule has 0 bridgehead atoms.